The molecule has 0 aliphatic rings. The molecule has 0 aliphatic carbocycles. The van der Waals surface area contributed by atoms with E-state index in [1.165, 1.54) is 0 Å². The van der Waals surface area contributed by atoms with E-state index in [1.807, 2.05) is 5.43 Å². The Hall–Kier alpha value is -2.34. The van der Waals surface area contributed by atoms with Gasteiger partial charge in [0.15, 0.2) is 6.61 Å². The van der Waals surface area contributed by atoms with Crippen molar-refractivity contribution in [3.8, 4) is 5.75 Å². The lowest BCUT2D eigenvalue weighted by molar-refractivity contribution is -0.122. The number of hydrogen-bond acceptors (Lipinski definition) is 4. The van der Waals surface area contributed by atoms with Crippen LogP contribution in [0.25, 0.3) is 0 Å². The number of hydrazine groups is 1. The van der Waals surface area contributed by atoms with E-state index in [1.54, 1.807) is 30.3 Å². The second-order valence-corrected chi connectivity index (χ2v) is 3.38. The minimum absolute atomic E-state index is 0.0870. The fourth-order valence-electron chi connectivity index (χ4n) is 1.17. The summed E-state index contributed by atoms with van der Waals surface area (Å²) in [6.45, 7) is 3.80. The summed E-state index contributed by atoms with van der Waals surface area (Å²) >= 11 is 0. The van der Waals surface area contributed by atoms with Gasteiger partial charge in [-0.3, -0.25) is 15.0 Å². The molecule has 0 fully saturated rings. The van der Waals surface area contributed by atoms with Crippen LogP contribution in [-0.2, 0) is 4.79 Å². The molecule has 1 aromatic carbocycles. The largest absolute Gasteiger partial charge is 0.484 e. The lowest BCUT2D eigenvalue weighted by Crippen LogP contribution is -2.30. The average Bonchev–Trinajstić information content (AvgIpc) is 2.42. The van der Waals surface area contributed by atoms with Crippen molar-refractivity contribution in [1.82, 2.24) is 10.7 Å². The van der Waals surface area contributed by atoms with Gasteiger partial charge in [-0.25, -0.2) is 5.84 Å². The van der Waals surface area contributed by atoms with Gasteiger partial charge in [0.1, 0.15) is 5.75 Å². The second kappa shape index (κ2) is 7.08. The van der Waals surface area contributed by atoms with Gasteiger partial charge in [-0.05, 0) is 24.3 Å². The Morgan fingerprint density at radius 3 is 2.56 bits per heavy atom. The van der Waals surface area contributed by atoms with E-state index in [2.05, 4.69) is 11.9 Å². The highest BCUT2D eigenvalue weighted by molar-refractivity contribution is 5.93. The molecule has 6 nitrogen and oxygen atoms in total. The first-order chi connectivity index (χ1) is 8.67. The van der Waals surface area contributed by atoms with E-state index in [0.29, 0.717) is 17.9 Å². The minimum atomic E-state index is -0.384. The van der Waals surface area contributed by atoms with E-state index < -0.39 is 0 Å². The van der Waals surface area contributed by atoms with Crippen LogP contribution in [0.4, 0.5) is 0 Å². The molecule has 0 spiro atoms. The smallest absolute Gasteiger partial charge is 0.265 e. The normalized spacial score (nSPS) is 9.39. The Morgan fingerprint density at radius 2 is 2.00 bits per heavy atom. The molecule has 4 N–H and O–H groups in total. The third-order valence-corrected chi connectivity index (χ3v) is 2.06. The zero-order valence-corrected chi connectivity index (χ0v) is 9.81. The summed E-state index contributed by atoms with van der Waals surface area (Å²) in [5.41, 5.74) is 2.44. The van der Waals surface area contributed by atoms with E-state index >= 15 is 0 Å². The van der Waals surface area contributed by atoms with Crippen LogP contribution < -0.4 is 21.3 Å². The number of carbonyl (C=O) groups is 2. The maximum absolute atomic E-state index is 11.2. The number of ether oxygens (including phenoxy) is 1. The van der Waals surface area contributed by atoms with Crippen molar-refractivity contribution < 1.29 is 14.3 Å². The molecule has 1 aromatic rings. The zero-order valence-electron chi connectivity index (χ0n) is 9.81. The number of nitrogens with two attached hydrogens (primary N) is 1. The van der Waals surface area contributed by atoms with Crippen molar-refractivity contribution in [2.24, 2.45) is 5.84 Å². The third-order valence-electron chi connectivity index (χ3n) is 2.06. The van der Waals surface area contributed by atoms with Gasteiger partial charge in [-0.2, -0.15) is 0 Å². The second-order valence-electron chi connectivity index (χ2n) is 3.38. The van der Waals surface area contributed by atoms with Gasteiger partial charge < -0.3 is 10.1 Å². The van der Waals surface area contributed by atoms with Crippen molar-refractivity contribution in [1.29, 1.82) is 0 Å². The molecule has 0 heterocycles. The first kappa shape index (κ1) is 13.7. The lowest BCUT2D eigenvalue weighted by Gasteiger charge is -2.06. The molecule has 96 valence electrons. The quantitative estimate of drug-likeness (QED) is 0.286. The fourth-order valence-corrected chi connectivity index (χ4v) is 1.17. The van der Waals surface area contributed by atoms with Crippen LogP contribution in [0.15, 0.2) is 36.9 Å². The Balaban J connectivity index is 2.46. The molecule has 0 saturated heterocycles. The summed E-state index contributed by atoms with van der Waals surface area (Å²) in [6, 6.07) is 6.29. The molecule has 0 aliphatic heterocycles. The number of benzene rings is 1. The van der Waals surface area contributed by atoms with E-state index in [0.717, 1.165) is 0 Å². The SMILES string of the molecule is C=CCNC(=O)COc1ccc(C(=O)NN)cc1. The molecule has 0 bridgehead atoms. The summed E-state index contributed by atoms with van der Waals surface area (Å²) in [6.07, 6.45) is 1.58. The highest BCUT2D eigenvalue weighted by atomic mass is 16.5. The van der Waals surface area contributed by atoms with Crippen LogP contribution in [0.5, 0.6) is 5.75 Å². The Bertz CT molecular complexity index is 429. The fraction of sp³-hybridized carbons (Fsp3) is 0.167. The van der Waals surface area contributed by atoms with Crippen molar-refractivity contribution >= 4 is 11.8 Å². The highest BCUT2D eigenvalue weighted by Gasteiger charge is 2.04. The van der Waals surface area contributed by atoms with Gasteiger partial charge in [0.2, 0.25) is 0 Å². The van der Waals surface area contributed by atoms with Crippen LogP contribution in [0, 0.1) is 0 Å². The molecule has 0 radical (unpaired) electrons. The van der Waals surface area contributed by atoms with Gasteiger partial charge in [-0.1, -0.05) is 6.08 Å². The molecule has 6 heteroatoms. The minimum Gasteiger partial charge on any atom is -0.484 e. The number of rotatable bonds is 6. The Morgan fingerprint density at radius 1 is 1.33 bits per heavy atom. The van der Waals surface area contributed by atoms with Crippen molar-refractivity contribution in [2.45, 2.75) is 0 Å². The van der Waals surface area contributed by atoms with Crippen LogP contribution in [0.2, 0.25) is 0 Å². The van der Waals surface area contributed by atoms with Gasteiger partial charge in [0.05, 0.1) is 0 Å². The molecule has 2 amide bonds. The average molecular weight is 249 g/mol. The lowest BCUT2D eigenvalue weighted by atomic mass is 10.2. The summed E-state index contributed by atoms with van der Waals surface area (Å²) < 4.78 is 5.22. The number of hydrogen-bond donors (Lipinski definition) is 3. The molecular weight excluding hydrogens is 234 g/mol. The standard InChI is InChI=1S/C12H15N3O3/c1-2-7-14-11(16)8-18-10-5-3-9(4-6-10)12(17)15-13/h2-6H,1,7-8,13H2,(H,14,16)(H,15,17). The zero-order chi connectivity index (χ0) is 13.4. The van der Waals surface area contributed by atoms with Crippen LogP contribution in [0.3, 0.4) is 0 Å². The predicted molar refractivity (Wildman–Crippen MR) is 66.8 cm³/mol. The van der Waals surface area contributed by atoms with Gasteiger partial charge >= 0.3 is 0 Å². The first-order valence-corrected chi connectivity index (χ1v) is 5.28. The van der Waals surface area contributed by atoms with Crippen molar-refractivity contribution in [3.05, 3.63) is 42.5 Å². The molecular formula is C12H15N3O3. The van der Waals surface area contributed by atoms with Gasteiger partial charge in [0.25, 0.3) is 11.8 Å². The summed E-state index contributed by atoms with van der Waals surface area (Å²) in [7, 11) is 0. The maximum atomic E-state index is 11.2. The Labute approximate surface area is 105 Å². The van der Waals surface area contributed by atoms with Crippen LogP contribution in [0.1, 0.15) is 10.4 Å². The maximum Gasteiger partial charge on any atom is 0.265 e. The molecule has 1 rings (SSSR count). The van der Waals surface area contributed by atoms with Gasteiger partial charge in [0, 0.05) is 12.1 Å². The van der Waals surface area contributed by atoms with E-state index in [4.69, 9.17) is 10.6 Å². The third kappa shape index (κ3) is 4.26. The predicted octanol–water partition coefficient (Wildman–Crippen LogP) is -0.0289. The van der Waals surface area contributed by atoms with Crippen molar-refractivity contribution in [2.75, 3.05) is 13.2 Å². The molecule has 0 saturated carbocycles. The molecule has 0 aromatic heterocycles. The molecule has 0 unspecified atom stereocenters. The summed E-state index contributed by atoms with van der Waals surface area (Å²) in [5, 5.41) is 2.58. The van der Waals surface area contributed by atoms with Gasteiger partial charge in [-0.15, -0.1) is 6.58 Å². The number of carbonyl (C=O) groups excluding carboxylic acids is 2. The van der Waals surface area contributed by atoms with E-state index in [9.17, 15) is 9.59 Å². The monoisotopic (exact) mass is 249 g/mol. The number of nitrogens with one attached hydrogen (secondary N) is 2. The summed E-state index contributed by atoms with van der Waals surface area (Å²) in [4.78, 5) is 22.4. The van der Waals surface area contributed by atoms with Crippen molar-refractivity contribution in [3.63, 3.8) is 0 Å². The van der Waals surface area contributed by atoms with E-state index in [-0.39, 0.29) is 18.4 Å². The van der Waals surface area contributed by atoms with Crippen LogP contribution in [-0.4, -0.2) is 25.0 Å². The first-order valence-electron chi connectivity index (χ1n) is 5.28. The summed E-state index contributed by atoms with van der Waals surface area (Å²) in [5.74, 6) is 4.87. The highest BCUT2D eigenvalue weighted by Crippen LogP contribution is 2.11. The molecule has 0 atom stereocenters. The Kier molecular flexibility index (Phi) is 5.40. The topological polar surface area (TPSA) is 93.4 Å². The van der Waals surface area contributed by atoms with Crippen LogP contribution >= 0.6 is 0 Å². The number of nitrogen functional groups attached to an aromatic ring is 1. The number of amides is 2. The molecule has 18 heavy (non-hydrogen) atoms.